The van der Waals surface area contributed by atoms with E-state index in [-0.39, 0.29) is 46.9 Å². The Morgan fingerprint density at radius 1 is 0.833 bits per heavy atom. The van der Waals surface area contributed by atoms with Gasteiger partial charge in [-0.25, -0.2) is 0 Å². The number of rotatable bonds is 0. The summed E-state index contributed by atoms with van der Waals surface area (Å²) in [7, 11) is -4.61. The fourth-order valence-electron chi connectivity index (χ4n) is 0. The molecule has 0 fully saturated rings. The van der Waals surface area contributed by atoms with E-state index >= 15 is 0 Å². The van der Waals surface area contributed by atoms with Crippen LogP contribution in [0.25, 0.3) is 0 Å². The van der Waals surface area contributed by atoms with Crippen molar-refractivity contribution in [2.75, 3.05) is 0 Å². The zero-order valence-corrected chi connectivity index (χ0v) is 5.27. The minimum atomic E-state index is -4.61. The molecule has 0 amide bonds. The van der Waals surface area contributed by atoms with Crippen molar-refractivity contribution in [1.82, 2.24) is 0 Å². The second-order valence-electron chi connectivity index (χ2n) is 0.600. The van der Waals surface area contributed by atoms with Gasteiger partial charge in [0.15, 0.2) is 0 Å². The zero-order chi connectivity index (χ0) is 4.50. The van der Waals surface area contributed by atoms with E-state index in [9.17, 15) is 0 Å². The SMILES string of the molecule is O[Si](O)(O)O.[Yb]. The molecule has 0 bridgehead atoms. The quantitative estimate of drug-likeness (QED) is 0.363. The van der Waals surface area contributed by atoms with E-state index < -0.39 is 9.05 Å². The Morgan fingerprint density at radius 2 is 0.833 bits per heavy atom. The van der Waals surface area contributed by atoms with Crippen LogP contribution in [0.15, 0.2) is 0 Å². The summed E-state index contributed by atoms with van der Waals surface area (Å²) in [6.07, 6.45) is 0. The Balaban J connectivity index is 0. The molecule has 0 aliphatic rings. The molecule has 0 heterocycles. The van der Waals surface area contributed by atoms with Crippen molar-refractivity contribution in [3.63, 3.8) is 0 Å². The molecule has 0 spiro atoms. The third-order valence-corrected chi connectivity index (χ3v) is 0. The average Bonchev–Trinajstić information content (AvgIpc) is 0.722. The smallest absolute Gasteiger partial charge is 0.368 e. The summed E-state index contributed by atoms with van der Waals surface area (Å²) in [5.41, 5.74) is 0. The van der Waals surface area contributed by atoms with Gasteiger partial charge in [-0.15, -0.1) is 0 Å². The van der Waals surface area contributed by atoms with E-state index in [1.807, 2.05) is 0 Å². The van der Waals surface area contributed by atoms with Crippen LogP contribution < -0.4 is 0 Å². The maximum atomic E-state index is 7.33. The Morgan fingerprint density at radius 3 is 0.833 bits per heavy atom. The van der Waals surface area contributed by atoms with Crippen LogP contribution in [0.2, 0.25) is 0 Å². The van der Waals surface area contributed by atoms with Crippen molar-refractivity contribution in [2.45, 2.75) is 0 Å². The molecule has 0 aliphatic heterocycles. The molecule has 6 heteroatoms. The molecule has 0 aromatic carbocycles. The molecule has 46 valence electrons. The topological polar surface area (TPSA) is 80.9 Å². The first-order valence-corrected chi connectivity index (χ1v) is 2.68. The maximum Gasteiger partial charge on any atom is 0.668 e. The molecule has 0 saturated heterocycles. The minimum absolute atomic E-state index is 0. The molecule has 4 N–H and O–H groups in total. The first-order chi connectivity index (χ1) is 2.00. The second kappa shape index (κ2) is 3.56. The summed E-state index contributed by atoms with van der Waals surface area (Å²) in [5, 5.41) is 0. The first-order valence-electron chi connectivity index (χ1n) is 0.894. The molecule has 6 heavy (non-hydrogen) atoms. The van der Waals surface area contributed by atoms with E-state index in [2.05, 4.69) is 0 Å². The van der Waals surface area contributed by atoms with Crippen molar-refractivity contribution in [2.24, 2.45) is 0 Å². The summed E-state index contributed by atoms with van der Waals surface area (Å²) >= 11 is 0. The first kappa shape index (κ1) is 10.5. The van der Waals surface area contributed by atoms with Gasteiger partial charge in [-0.3, -0.25) is 0 Å². The summed E-state index contributed by atoms with van der Waals surface area (Å²) in [5.74, 6) is 0. The van der Waals surface area contributed by atoms with Crippen LogP contribution in [0.4, 0.5) is 0 Å². The maximum absolute atomic E-state index is 7.33. The summed E-state index contributed by atoms with van der Waals surface area (Å²) in [6, 6.07) is 0. The molecule has 0 aliphatic carbocycles. The molecule has 0 aromatic rings. The van der Waals surface area contributed by atoms with Gasteiger partial charge in [0, 0.05) is 46.9 Å². The third kappa shape index (κ3) is 47.0. The van der Waals surface area contributed by atoms with Crippen molar-refractivity contribution in [1.29, 1.82) is 0 Å². The van der Waals surface area contributed by atoms with Crippen LogP contribution in [0, 0.1) is 46.9 Å². The molecule has 0 saturated carbocycles. The van der Waals surface area contributed by atoms with Gasteiger partial charge in [0.1, 0.15) is 0 Å². The average molecular weight is 269 g/mol. The molecule has 0 aromatic heterocycles. The van der Waals surface area contributed by atoms with Gasteiger partial charge in [-0.1, -0.05) is 0 Å². The summed E-state index contributed by atoms with van der Waals surface area (Å²) in [6.45, 7) is 0. The molecule has 0 radical (unpaired) electrons. The monoisotopic (exact) mass is 270 g/mol. The van der Waals surface area contributed by atoms with Gasteiger partial charge < -0.3 is 19.2 Å². The normalized spacial score (nSPS) is 10.0. The van der Waals surface area contributed by atoms with Gasteiger partial charge in [0.05, 0.1) is 0 Å². The Kier molecular flexibility index (Phi) is 6.26. The molecular formula is H4O4SiYb. The van der Waals surface area contributed by atoms with Crippen molar-refractivity contribution in [3.05, 3.63) is 0 Å². The van der Waals surface area contributed by atoms with E-state index in [4.69, 9.17) is 19.2 Å². The van der Waals surface area contributed by atoms with Crippen LogP contribution >= 0.6 is 0 Å². The van der Waals surface area contributed by atoms with E-state index in [1.165, 1.54) is 0 Å². The van der Waals surface area contributed by atoms with Crippen LogP contribution in [0.1, 0.15) is 0 Å². The third-order valence-electron chi connectivity index (χ3n) is 0. The van der Waals surface area contributed by atoms with Gasteiger partial charge in [-0.2, -0.15) is 0 Å². The van der Waals surface area contributed by atoms with E-state index in [0.717, 1.165) is 0 Å². The minimum Gasteiger partial charge on any atom is -0.368 e. The molecule has 0 unspecified atom stereocenters. The molecule has 0 rings (SSSR count). The van der Waals surface area contributed by atoms with E-state index in [0.29, 0.717) is 0 Å². The van der Waals surface area contributed by atoms with Gasteiger partial charge in [-0.05, 0) is 0 Å². The largest absolute Gasteiger partial charge is 0.668 e. The van der Waals surface area contributed by atoms with Crippen molar-refractivity contribution in [3.8, 4) is 0 Å². The van der Waals surface area contributed by atoms with Crippen LogP contribution in [-0.2, 0) is 0 Å². The predicted molar refractivity (Wildman–Crippen MR) is 14.6 cm³/mol. The van der Waals surface area contributed by atoms with Gasteiger partial charge in [0.2, 0.25) is 0 Å². The van der Waals surface area contributed by atoms with Gasteiger partial charge >= 0.3 is 9.05 Å². The molecular weight excluding hydrogens is 265 g/mol. The predicted octanol–water partition coefficient (Wildman–Crippen LogP) is -2.61. The number of hydrogen-bond acceptors (Lipinski definition) is 4. The number of hydrogen-bond donors (Lipinski definition) is 4. The van der Waals surface area contributed by atoms with Crippen LogP contribution in [-0.4, -0.2) is 28.2 Å². The van der Waals surface area contributed by atoms with Crippen molar-refractivity contribution < 1.29 is 66.1 Å². The Hall–Kier alpha value is 1.58. The van der Waals surface area contributed by atoms with E-state index in [1.54, 1.807) is 0 Å². The van der Waals surface area contributed by atoms with Crippen LogP contribution in [0.3, 0.4) is 0 Å². The summed E-state index contributed by atoms with van der Waals surface area (Å²) < 4.78 is 0. The zero-order valence-electron chi connectivity index (χ0n) is 2.56. The Bertz CT molecular complexity index is 23.0. The van der Waals surface area contributed by atoms with Crippen LogP contribution in [0.5, 0.6) is 0 Å². The molecule has 0 atom stereocenters. The van der Waals surface area contributed by atoms with Gasteiger partial charge in [0.25, 0.3) is 0 Å². The second-order valence-corrected chi connectivity index (χ2v) is 1.80. The fourth-order valence-corrected chi connectivity index (χ4v) is 0. The molecule has 4 nitrogen and oxygen atoms in total. The van der Waals surface area contributed by atoms with Crippen molar-refractivity contribution >= 4 is 9.05 Å². The standard InChI is InChI=1S/H4O4Si.Yb/c1-5(2,3)4;/h1-4H;. The summed E-state index contributed by atoms with van der Waals surface area (Å²) in [4.78, 5) is 29.3. The Labute approximate surface area is 74.2 Å². The fraction of sp³-hybridized carbons (Fsp3) is 0.